The van der Waals surface area contributed by atoms with E-state index in [-0.39, 0.29) is 25.4 Å². The van der Waals surface area contributed by atoms with Crippen molar-refractivity contribution < 1.29 is 29.3 Å². The minimum atomic E-state index is -3.67. The summed E-state index contributed by atoms with van der Waals surface area (Å²) < 4.78 is -0.409. The predicted molar refractivity (Wildman–Crippen MR) is 57.7 cm³/mol. The van der Waals surface area contributed by atoms with Gasteiger partial charge in [0.25, 0.3) is 0 Å². The van der Waals surface area contributed by atoms with Gasteiger partial charge in [0, 0.05) is 4.75 Å². The number of allylic oxidation sites excluding steroid dienone is 3. The van der Waals surface area contributed by atoms with E-state index in [0.29, 0.717) is 0 Å². The van der Waals surface area contributed by atoms with Crippen molar-refractivity contribution in [3.05, 3.63) is 24.3 Å². The van der Waals surface area contributed by atoms with Gasteiger partial charge in [0.05, 0.1) is 0 Å². The zero-order valence-electron chi connectivity index (χ0n) is 8.17. The fraction of sp³-hybridized carbons (Fsp3) is 0.500. The molecule has 0 aromatic heterocycles. The van der Waals surface area contributed by atoms with E-state index in [9.17, 15) is 9.79 Å². The van der Waals surface area contributed by atoms with Gasteiger partial charge in [-0.3, -0.25) is 0 Å². The van der Waals surface area contributed by atoms with Gasteiger partial charge in [0.15, 0.2) is 0 Å². The minimum Gasteiger partial charge on any atom is -0.825 e. The van der Waals surface area contributed by atoms with E-state index in [4.69, 9.17) is 0 Å². The maximum Gasteiger partial charge on any atom is 2.00 e. The SMILES string of the molecule is CC1C=CC=CC1(C)SP([O-])([O-])=S.[Zn+2]. The Morgan fingerprint density at radius 2 is 2.00 bits per heavy atom. The van der Waals surface area contributed by atoms with E-state index in [2.05, 4.69) is 11.8 Å². The van der Waals surface area contributed by atoms with Crippen LogP contribution in [0.15, 0.2) is 24.3 Å². The Morgan fingerprint density at radius 1 is 1.43 bits per heavy atom. The summed E-state index contributed by atoms with van der Waals surface area (Å²) in [5.74, 6) is 0.188. The second kappa shape index (κ2) is 5.38. The first-order valence-electron chi connectivity index (χ1n) is 3.92. The first-order valence-corrected chi connectivity index (χ1v) is 7.98. The van der Waals surface area contributed by atoms with Crippen molar-refractivity contribution in [2.45, 2.75) is 18.6 Å². The largest absolute Gasteiger partial charge is 2.00 e. The van der Waals surface area contributed by atoms with Gasteiger partial charge in [-0.15, -0.1) is 23.2 Å². The molecule has 0 bridgehead atoms. The molecule has 0 spiro atoms. The van der Waals surface area contributed by atoms with E-state index in [1.54, 1.807) is 0 Å². The molecule has 0 aromatic carbocycles. The second-order valence-corrected chi connectivity index (χ2v) is 9.34. The van der Waals surface area contributed by atoms with Gasteiger partial charge in [0.1, 0.15) is 0 Å². The third-order valence-electron chi connectivity index (χ3n) is 2.15. The van der Waals surface area contributed by atoms with Crippen LogP contribution in [-0.4, -0.2) is 4.75 Å². The minimum absolute atomic E-state index is 0. The summed E-state index contributed by atoms with van der Waals surface area (Å²) in [5, 5.41) is 0. The summed E-state index contributed by atoms with van der Waals surface area (Å²) in [6, 6.07) is 0. The van der Waals surface area contributed by atoms with Crippen molar-refractivity contribution in [2.75, 3.05) is 0 Å². The Hall–Kier alpha value is 1.02. The Labute approximate surface area is 107 Å². The predicted octanol–water partition coefficient (Wildman–Crippen LogP) is 1.18. The van der Waals surface area contributed by atoms with Crippen LogP contribution in [0.3, 0.4) is 0 Å². The van der Waals surface area contributed by atoms with Crippen LogP contribution < -0.4 is 9.79 Å². The fourth-order valence-electron chi connectivity index (χ4n) is 1.17. The molecule has 0 amide bonds. The number of hydrogen-bond acceptors (Lipinski definition) is 4. The number of hydrogen-bond donors (Lipinski definition) is 0. The summed E-state index contributed by atoms with van der Waals surface area (Å²) in [6.45, 7) is 3.87. The van der Waals surface area contributed by atoms with Crippen LogP contribution in [0.5, 0.6) is 0 Å². The Morgan fingerprint density at radius 3 is 2.43 bits per heavy atom. The van der Waals surface area contributed by atoms with Gasteiger partial charge in [-0.1, -0.05) is 31.2 Å². The molecule has 0 radical (unpaired) electrons. The first-order chi connectivity index (χ1) is 5.83. The third kappa shape index (κ3) is 4.26. The molecule has 0 fully saturated rings. The van der Waals surface area contributed by atoms with Crippen molar-refractivity contribution in [1.29, 1.82) is 0 Å². The molecule has 2 unspecified atom stereocenters. The standard InChI is InChI=1S/C8H13O2PS2.Zn/c1-7-5-3-4-6-8(7,2)13-11(9,10)12;/h3-7H,1-2H3,(H2,9,10,12);/q;+2/p-2. The molecule has 1 rings (SSSR count). The molecular weight excluding hydrogens is 289 g/mol. The Balaban J connectivity index is 0.00000169. The van der Waals surface area contributed by atoms with Crippen molar-refractivity contribution in [3.63, 3.8) is 0 Å². The zero-order chi connectivity index (χ0) is 10.1. The maximum absolute atomic E-state index is 11.0. The summed E-state index contributed by atoms with van der Waals surface area (Å²) in [4.78, 5) is 22.0. The topological polar surface area (TPSA) is 46.1 Å². The molecule has 0 saturated heterocycles. The number of rotatable bonds is 2. The van der Waals surface area contributed by atoms with Crippen LogP contribution in [0.1, 0.15) is 13.8 Å². The van der Waals surface area contributed by atoms with Gasteiger partial charge in [-0.05, 0) is 12.8 Å². The summed E-state index contributed by atoms with van der Waals surface area (Å²) in [7, 11) is 0. The van der Waals surface area contributed by atoms with Crippen molar-refractivity contribution >= 4 is 28.9 Å². The van der Waals surface area contributed by atoms with Crippen molar-refractivity contribution in [1.82, 2.24) is 0 Å². The van der Waals surface area contributed by atoms with Crippen LogP contribution in [0.25, 0.3) is 0 Å². The molecular formula is C8H11O2PS2Zn. The average Bonchev–Trinajstić information content (AvgIpc) is 1.92. The monoisotopic (exact) mass is 298 g/mol. The molecule has 0 saturated carbocycles. The molecule has 0 aromatic rings. The van der Waals surface area contributed by atoms with E-state index in [0.717, 1.165) is 11.4 Å². The van der Waals surface area contributed by atoms with E-state index in [1.807, 2.05) is 38.2 Å². The van der Waals surface area contributed by atoms with Crippen molar-refractivity contribution in [3.8, 4) is 0 Å². The Bertz CT molecular complexity index is 300. The third-order valence-corrected chi connectivity index (χ3v) is 5.80. The molecule has 14 heavy (non-hydrogen) atoms. The molecule has 2 nitrogen and oxygen atoms in total. The fourth-order valence-corrected chi connectivity index (χ4v) is 5.61. The van der Waals surface area contributed by atoms with Crippen LogP contribution in [0.2, 0.25) is 0 Å². The maximum atomic E-state index is 11.0. The summed E-state index contributed by atoms with van der Waals surface area (Å²) >= 11 is 5.26. The molecule has 0 heterocycles. The van der Waals surface area contributed by atoms with Gasteiger partial charge in [0.2, 0.25) is 0 Å². The summed E-state index contributed by atoms with van der Waals surface area (Å²) in [6.07, 6.45) is 7.65. The summed E-state index contributed by atoms with van der Waals surface area (Å²) in [5.41, 5.74) is -3.67. The molecule has 2 atom stereocenters. The van der Waals surface area contributed by atoms with Crippen LogP contribution in [0, 0.1) is 5.92 Å². The van der Waals surface area contributed by atoms with E-state index in [1.165, 1.54) is 0 Å². The molecule has 6 heteroatoms. The molecule has 74 valence electrons. The second-order valence-electron chi connectivity index (χ2n) is 3.26. The van der Waals surface area contributed by atoms with Gasteiger partial charge in [-0.25, -0.2) is 0 Å². The zero-order valence-corrected chi connectivity index (χ0v) is 13.7. The van der Waals surface area contributed by atoms with Gasteiger partial charge < -0.3 is 9.79 Å². The average molecular weight is 300 g/mol. The van der Waals surface area contributed by atoms with Crippen LogP contribution in [-0.2, 0) is 31.3 Å². The van der Waals surface area contributed by atoms with Crippen LogP contribution in [0.4, 0.5) is 0 Å². The Kier molecular flexibility index (Phi) is 5.77. The van der Waals surface area contributed by atoms with E-state index >= 15 is 0 Å². The normalized spacial score (nSPS) is 31.3. The first kappa shape index (κ1) is 15.0. The van der Waals surface area contributed by atoms with Gasteiger partial charge >= 0.3 is 19.5 Å². The van der Waals surface area contributed by atoms with E-state index < -0.39 is 10.4 Å². The van der Waals surface area contributed by atoms with Crippen molar-refractivity contribution in [2.24, 2.45) is 5.92 Å². The smallest absolute Gasteiger partial charge is 0.825 e. The van der Waals surface area contributed by atoms with Gasteiger partial charge in [-0.2, -0.15) is 5.69 Å². The molecule has 0 N–H and O–H groups in total. The molecule has 0 aliphatic heterocycles. The molecule has 1 aliphatic carbocycles. The molecule has 1 aliphatic rings. The van der Waals surface area contributed by atoms with Crippen LogP contribution >= 0.6 is 17.1 Å². The quantitative estimate of drug-likeness (QED) is 0.567.